The van der Waals surface area contributed by atoms with E-state index >= 15 is 0 Å². The van der Waals surface area contributed by atoms with Crippen LogP contribution in [0.2, 0.25) is 0 Å². The third-order valence-corrected chi connectivity index (χ3v) is 2.10. The van der Waals surface area contributed by atoms with Crippen molar-refractivity contribution < 1.29 is 9.53 Å². The van der Waals surface area contributed by atoms with Gasteiger partial charge >= 0.3 is 6.47 Å². The van der Waals surface area contributed by atoms with Crippen LogP contribution in [0.5, 0.6) is 0 Å². The maximum atomic E-state index is 10.00. The van der Waals surface area contributed by atoms with E-state index in [1.165, 1.54) is 6.47 Å². The Hall–Kier alpha value is -0.530. The Labute approximate surface area is 68.9 Å². The first-order valence-electron chi connectivity index (χ1n) is 4.23. The largest absolute Gasteiger partial charge is 0.451 e. The van der Waals surface area contributed by atoms with Crippen molar-refractivity contribution in [2.45, 2.75) is 52.1 Å². The second kappa shape index (κ2) is 5.16. The Kier molecular flexibility index (Phi) is 4.92. The molecule has 0 aromatic rings. The van der Waals surface area contributed by atoms with Crippen LogP contribution in [0.3, 0.4) is 0 Å². The minimum atomic E-state index is -0.280. The Morgan fingerprint density at radius 1 is 1.45 bits per heavy atom. The van der Waals surface area contributed by atoms with Gasteiger partial charge in [0.1, 0.15) is 5.60 Å². The molecule has 1 unspecified atom stereocenters. The van der Waals surface area contributed by atoms with Crippen LogP contribution < -0.4 is 0 Å². The van der Waals surface area contributed by atoms with Crippen LogP contribution in [0.25, 0.3) is 0 Å². The summed E-state index contributed by atoms with van der Waals surface area (Å²) in [5.41, 5.74) is -0.280. The number of ether oxygens (including phenoxy) is 1. The van der Waals surface area contributed by atoms with Crippen LogP contribution in [0.1, 0.15) is 46.5 Å². The maximum Gasteiger partial charge on any atom is 0.418 e. The fraction of sp³-hybridized carbons (Fsp3) is 0.889. The number of unbranched alkanes of at least 4 members (excludes halogenated alkanes) is 1. The summed E-state index contributed by atoms with van der Waals surface area (Å²) in [6.07, 6.45) is 4.04. The van der Waals surface area contributed by atoms with Crippen molar-refractivity contribution in [2.75, 3.05) is 0 Å². The summed E-state index contributed by atoms with van der Waals surface area (Å²) >= 11 is 0. The van der Waals surface area contributed by atoms with Gasteiger partial charge in [0, 0.05) is 0 Å². The predicted octanol–water partition coefficient (Wildman–Crippen LogP) is 2.43. The van der Waals surface area contributed by atoms with E-state index in [1.54, 1.807) is 0 Å². The standard InChI is InChI=1S/C9H17O2/c1-4-6-7-9(3,5-2)11-8-10/h4-7H2,1-3H3. The van der Waals surface area contributed by atoms with Gasteiger partial charge in [-0.1, -0.05) is 20.3 Å². The molecule has 11 heavy (non-hydrogen) atoms. The molecule has 0 aliphatic carbocycles. The van der Waals surface area contributed by atoms with Crippen molar-refractivity contribution in [2.24, 2.45) is 0 Å². The highest BCUT2D eigenvalue weighted by molar-refractivity contribution is 5.39. The quantitative estimate of drug-likeness (QED) is 0.592. The van der Waals surface area contributed by atoms with Crippen LogP contribution in [-0.4, -0.2) is 12.1 Å². The molecule has 0 saturated heterocycles. The molecule has 2 heteroatoms. The van der Waals surface area contributed by atoms with E-state index in [9.17, 15) is 4.79 Å². The van der Waals surface area contributed by atoms with E-state index in [2.05, 4.69) is 6.92 Å². The molecule has 0 fully saturated rings. The average Bonchev–Trinajstić information content (AvgIpc) is 2.02. The molecule has 0 aromatic carbocycles. The topological polar surface area (TPSA) is 26.3 Å². The summed E-state index contributed by atoms with van der Waals surface area (Å²) in [6, 6.07) is 0. The van der Waals surface area contributed by atoms with E-state index in [-0.39, 0.29) is 5.60 Å². The molecule has 0 aromatic heterocycles. The highest BCUT2D eigenvalue weighted by Crippen LogP contribution is 2.21. The third-order valence-electron chi connectivity index (χ3n) is 2.10. The van der Waals surface area contributed by atoms with Crippen molar-refractivity contribution in [1.29, 1.82) is 0 Å². The number of hydrogen-bond acceptors (Lipinski definition) is 2. The van der Waals surface area contributed by atoms with Gasteiger partial charge in [-0.05, 0) is 26.2 Å². The maximum absolute atomic E-state index is 10.00. The monoisotopic (exact) mass is 157 g/mol. The van der Waals surface area contributed by atoms with Gasteiger partial charge in [0.25, 0.3) is 0 Å². The molecule has 0 saturated carbocycles. The van der Waals surface area contributed by atoms with Crippen molar-refractivity contribution >= 4 is 6.47 Å². The normalized spacial score (nSPS) is 15.5. The molecule has 0 aliphatic heterocycles. The molecule has 0 amide bonds. The lowest BCUT2D eigenvalue weighted by Gasteiger charge is -2.25. The summed E-state index contributed by atoms with van der Waals surface area (Å²) in [4.78, 5) is 10.00. The van der Waals surface area contributed by atoms with E-state index in [0.717, 1.165) is 25.7 Å². The molecule has 1 radical (unpaired) electrons. The van der Waals surface area contributed by atoms with Gasteiger partial charge < -0.3 is 4.74 Å². The zero-order chi connectivity index (χ0) is 8.74. The van der Waals surface area contributed by atoms with Gasteiger partial charge in [0.05, 0.1) is 0 Å². The van der Waals surface area contributed by atoms with Crippen molar-refractivity contribution in [3.8, 4) is 0 Å². The molecule has 2 nitrogen and oxygen atoms in total. The van der Waals surface area contributed by atoms with Crippen molar-refractivity contribution in [3.63, 3.8) is 0 Å². The summed E-state index contributed by atoms with van der Waals surface area (Å²) in [6.45, 7) is 7.62. The molecule has 1 atom stereocenters. The van der Waals surface area contributed by atoms with Gasteiger partial charge in [-0.15, -0.1) is 0 Å². The zero-order valence-electron chi connectivity index (χ0n) is 7.64. The number of hydrogen-bond donors (Lipinski definition) is 0. The smallest absolute Gasteiger partial charge is 0.418 e. The highest BCUT2D eigenvalue weighted by Gasteiger charge is 2.22. The van der Waals surface area contributed by atoms with Crippen LogP contribution >= 0.6 is 0 Å². The lowest BCUT2D eigenvalue weighted by atomic mass is 9.96. The van der Waals surface area contributed by atoms with E-state index in [4.69, 9.17) is 4.74 Å². The van der Waals surface area contributed by atoms with Gasteiger partial charge in [-0.2, -0.15) is 0 Å². The van der Waals surface area contributed by atoms with Gasteiger partial charge in [-0.3, -0.25) is 0 Å². The van der Waals surface area contributed by atoms with Crippen LogP contribution in [-0.2, 0) is 9.53 Å². The molecule has 0 bridgehead atoms. The summed E-state index contributed by atoms with van der Waals surface area (Å²) in [5.74, 6) is 0. The minimum Gasteiger partial charge on any atom is -0.451 e. The second-order valence-corrected chi connectivity index (χ2v) is 3.09. The zero-order valence-corrected chi connectivity index (χ0v) is 7.64. The van der Waals surface area contributed by atoms with Crippen LogP contribution in [0.4, 0.5) is 0 Å². The van der Waals surface area contributed by atoms with E-state index in [0.29, 0.717) is 0 Å². The molecular formula is C9H17O2. The predicted molar refractivity (Wildman–Crippen MR) is 45.0 cm³/mol. The van der Waals surface area contributed by atoms with E-state index < -0.39 is 0 Å². The van der Waals surface area contributed by atoms with E-state index in [1.807, 2.05) is 13.8 Å². The van der Waals surface area contributed by atoms with Crippen LogP contribution in [0, 0.1) is 0 Å². The second-order valence-electron chi connectivity index (χ2n) is 3.09. The lowest BCUT2D eigenvalue weighted by Crippen LogP contribution is -2.26. The molecule has 0 heterocycles. The Morgan fingerprint density at radius 3 is 2.45 bits per heavy atom. The van der Waals surface area contributed by atoms with Gasteiger partial charge in [0.15, 0.2) is 0 Å². The first kappa shape index (κ1) is 10.5. The van der Waals surface area contributed by atoms with Crippen molar-refractivity contribution in [3.05, 3.63) is 0 Å². The fourth-order valence-electron chi connectivity index (χ4n) is 0.951. The molecule has 0 N–H and O–H groups in total. The number of rotatable bonds is 6. The first-order chi connectivity index (χ1) is 5.18. The molecule has 65 valence electrons. The molecular weight excluding hydrogens is 140 g/mol. The summed E-state index contributed by atoms with van der Waals surface area (Å²) < 4.78 is 4.88. The van der Waals surface area contributed by atoms with Gasteiger partial charge in [-0.25, -0.2) is 4.79 Å². The SMILES string of the molecule is CCCCC(C)(CC)O[C]=O. The molecule has 0 spiro atoms. The Balaban J connectivity index is 3.77. The van der Waals surface area contributed by atoms with Crippen molar-refractivity contribution in [1.82, 2.24) is 0 Å². The Morgan fingerprint density at radius 2 is 2.09 bits per heavy atom. The third kappa shape index (κ3) is 4.02. The molecule has 0 rings (SSSR count). The number of carbonyl (C=O) groups excluding carboxylic acids is 1. The first-order valence-corrected chi connectivity index (χ1v) is 4.23. The minimum absolute atomic E-state index is 0.280. The summed E-state index contributed by atoms with van der Waals surface area (Å²) in [7, 11) is 0. The van der Waals surface area contributed by atoms with Crippen LogP contribution in [0.15, 0.2) is 0 Å². The molecule has 0 aliphatic rings. The Bertz CT molecular complexity index is 112. The fourth-order valence-corrected chi connectivity index (χ4v) is 0.951. The summed E-state index contributed by atoms with van der Waals surface area (Å²) in [5, 5.41) is 0. The van der Waals surface area contributed by atoms with Gasteiger partial charge in [0.2, 0.25) is 0 Å². The highest BCUT2D eigenvalue weighted by atomic mass is 16.5. The average molecular weight is 157 g/mol. The lowest BCUT2D eigenvalue weighted by molar-refractivity contribution is 0.0549.